The van der Waals surface area contributed by atoms with Gasteiger partial charge in [-0.15, -0.1) is 47.2 Å². The number of hydrogen-bond donors (Lipinski definition) is 1. The normalized spacial score (nSPS) is 17.4. The molecule has 0 aliphatic heterocycles. The number of allylic oxidation sites excluding steroid dienone is 2. The largest absolute Gasteiger partial charge is 0.512 e. The third-order valence-electron chi connectivity index (χ3n) is 6.99. The Balaban J connectivity index is 0.000000378. The molecular formula is C30H32IrNO2S-. The zero-order valence-electron chi connectivity index (χ0n) is 21.2. The Bertz CT molecular complexity index is 1400. The molecule has 0 fully saturated rings. The van der Waals surface area contributed by atoms with Crippen molar-refractivity contribution in [3.63, 3.8) is 0 Å². The van der Waals surface area contributed by atoms with Crippen LogP contribution in [-0.4, -0.2) is 15.9 Å². The molecule has 0 bridgehead atoms. The quantitative estimate of drug-likeness (QED) is 0.135. The van der Waals surface area contributed by atoms with Crippen LogP contribution in [-0.2, 0) is 37.7 Å². The summed E-state index contributed by atoms with van der Waals surface area (Å²) in [4.78, 5) is 14.8. The van der Waals surface area contributed by atoms with Gasteiger partial charge in [0.1, 0.15) is 0 Å². The summed E-state index contributed by atoms with van der Waals surface area (Å²) in [6, 6.07) is 13.7. The van der Waals surface area contributed by atoms with Gasteiger partial charge in [0.15, 0.2) is 5.78 Å². The van der Waals surface area contributed by atoms with Gasteiger partial charge in [-0.1, -0.05) is 13.8 Å². The van der Waals surface area contributed by atoms with E-state index in [1.54, 1.807) is 11.1 Å². The third kappa shape index (κ3) is 5.43. The summed E-state index contributed by atoms with van der Waals surface area (Å²) in [5, 5.41) is 11.2. The van der Waals surface area contributed by atoms with Crippen LogP contribution in [0.5, 0.6) is 0 Å². The standard InChI is InChI=1S/C25H24NS.C5H8O2.Ir/c1-14-12-20-16(3)22-19-10-11-26-23(18-8-6-5-7-9-18)25(19)27-24(22)17(4)21(20)13-15(14)2;1-4(6)3-5(2)7;/h5-8,10-11,14-15H,12-13H2,1-4H3;3,6H,1-2H3;/q-1;;/b;4-3-;. The van der Waals surface area contributed by atoms with Crippen molar-refractivity contribution in [2.75, 3.05) is 0 Å². The van der Waals surface area contributed by atoms with E-state index in [0.717, 1.165) is 23.1 Å². The number of aromatic nitrogens is 1. The summed E-state index contributed by atoms with van der Waals surface area (Å²) in [6.45, 7) is 12.3. The van der Waals surface area contributed by atoms with Crippen molar-refractivity contribution in [2.24, 2.45) is 11.8 Å². The molecule has 0 spiro atoms. The summed E-state index contributed by atoms with van der Waals surface area (Å²) in [5.41, 5.74) is 8.34. The molecule has 0 saturated carbocycles. The summed E-state index contributed by atoms with van der Waals surface area (Å²) in [5.74, 6) is 1.46. The van der Waals surface area contributed by atoms with Crippen molar-refractivity contribution in [3.05, 3.63) is 76.7 Å². The molecule has 2 unspecified atom stereocenters. The second-order valence-corrected chi connectivity index (χ2v) is 10.6. The van der Waals surface area contributed by atoms with Crippen molar-refractivity contribution in [2.45, 2.75) is 54.4 Å². The summed E-state index contributed by atoms with van der Waals surface area (Å²) < 4.78 is 2.75. The number of carbonyl (C=O) groups is 1. The van der Waals surface area contributed by atoms with Gasteiger partial charge < -0.3 is 10.1 Å². The number of benzene rings is 2. The fraction of sp³-hybridized carbons (Fsp3) is 0.333. The van der Waals surface area contributed by atoms with Crippen LogP contribution < -0.4 is 0 Å². The first-order chi connectivity index (χ1) is 16.2. The fourth-order valence-electron chi connectivity index (χ4n) is 5.03. The van der Waals surface area contributed by atoms with Gasteiger partial charge in [0.2, 0.25) is 0 Å². The monoisotopic (exact) mass is 663 g/mol. The van der Waals surface area contributed by atoms with Crippen LogP contribution in [0.3, 0.4) is 0 Å². The van der Waals surface area contributed by atoms with Crippen LogP contribution in [0.2, 0.25) is 0 Å². The predicted molar refractivity (Wildman–Crippen MR) is 144 cm³/mol. The first kappa shape index (κ1) is 27.3. The number of fused-ring (bicyclic) bond motifs is 4. The van der Waals surface area contributed by atoms with Crippen molar-refractivity contribution in [1.29, 1.82) is 0 Å². The number of thiophene rings is 1. The van der Waals surface area contributed by atoms with Gasteiger partial charge in [0.05, 0.1) is 5.76 Å². The molecule has 2 atom stereocenters. The number of hydrogen-bond acceptors (Lipinski definition) is 4. The molecule has 5 rings (SSSR count). The first-order valence-electron chi connectivity index (χ1n) is 11.9. The molecular weight excluding hydrogens is 631 g/mol. The maximum Gasteiger partial charge on any atom is 0.155 e. The van der Waals surface area contributed by atoms with Crippen LogP contribution in [0.15, 0.2) is 48.4 Å². The van der Waals surface area contributed by atoms with E-state index in [0.29, 0.717) is 0 Å². The molecule has 1 aliphatic rings. The fourth-order valence-corrected chi connectivity index (χ4v) is 6.41. The van der Waals surface area contributed by atoms with E-state index in [1.165, 1.54) is 64.1 Å². The number of carbonyl (C=O) groups excluding carboxylic acids is 1. The van der Waals surface area contributed by atoms with E-state index in [-0.39, 0.29) is 31.6 Å². The Hall–Kier alpha value is -2.33. The maximum absolute atomic E-state index is 10.0. The number of nitrogens with zero attached hydrogens (tertiary/aromatic N) is 1. The molecule has 0 amide bonds. The predicted octanol–water partition coefficient (Wildman–Crippen LogP) is 7.94. The van der Waals surface area contributed by atoms with Gasteiger partial charge in [-0.2, -0.15) is 0 Å². The molecule has 1 radical (unpaired) electrons. The van der Waals surface area contributed by atoms with E-state index in [9.17, 15) is 4.79 Å². The number of rotatable bonds is 2. The Labute approximate surface area is 225 Å². The van der Waals surface area contributed by atoms with Crippen LogP contribution in [0, 0.1) is 31.7 Å². The Morgan fingerprint density at radius 2 is 1.71 bits per heavy atom. The van der Waals surface area contributed by atoms with Gasteiger partial charge in [0.25, 0.3) is 0 Å². The molecule has 3 nitrogen and oxygen atoms in total. The average molecular weight is 663 g/mol. The average Bonchev–Trinajstić information content (AvgIpc) is 3.19. The van der Waals surface area contributed by atoms with E-state index < -0.39 is 0 Å². The second kappa shape index (κ2) is 11.2. The van der Waals surface area contributed by atoms with Crippen molar-refractivity contribution >= 4 is 37.3 Å². The minimum Gasteiger partial charge on any atom is -0.512 e. The summed E-state index contributed by atoms with van der Waals surface area (Å²) in [6.07, 6.45) is 5.55. The number of aryl methyl sites for hydroxylation is 2. The summed E-state index contributed by atoms with van der Waals surface area (Å²) in [7, 11) is 0. The molecule has 1 aliphatic carbocycles. The molecule has 1 N–H and O–H groups in total. The molecule has 2 heterocycles. The van der Waals surface area contributed by atoms with Gasteiger partial charge in [-0.25, -0.2) is 0 Å². The number of pyridine rings is 1. The van der Waals surface area contributed by atoms with Gasteiger partial charge >= 0.3 is 0 Å². The zero-order chi connectivity index (χ0) is 24.6. The Morgan fingerprint density at radius 3 is 2.26 bits per heavy atom. The maximum atomic E-state index is 10.0. The van der Waals surface area contributed by atoms with Crippen molar-refractivity contribution < 1.29 is 30.0 Å². The Kier molecular flexibility index (Phi) is 8.69. The topological polar surface area (TPSA) is 50.2 Å². The van der Waals surface area contributed by atoms with Crippen LogP contribution >= 0.6 is 11.3 Å². The minimum atomic E-state index is -0.125. The summed E-state index contributed by atoms with van der Waals surface area (Å²) >= 11 is 1.92. The molecule has 5 heteroatoms. The van der Waals surface area contributed by atoms with E-state index in [2.05, 4.69) is 52.0 Å². The van der Waals surface area contributed by atoms with Gasteiger partial charge in [-0.3, -0.25) is 4.79 Å². The molecule has 2 aromatic heterocycles. The molecule has 0 saturated heterocycles. The molecule has 35 heavy (non-hydrogen) atoms. The van der Waals surface area contributed by atoms with Gasteiger partial charge in [-0.05, 0) is 86.1 Å². The van der Waals surface area contributed by atoms with E-state index in [4.69, 9.17) is 10.1 Å². The number of aliphatic hydroxyl groups excluding tert-OH is 1. The first-order valence-corrected chi connectivity index (χ1v) is 12.7. The number of aliphatic hydroxyl groups is 1. The third-order valence-corrected chi connectivity index (χ3v) is 8.32. The smallest absolute Gasteiger partial charge is 0.155 e. The van der Waals surface area contributed by atoms with Crippen molar-refractivity contribution in [1.82, 2.24) is 4.98 Å². The van der Waals surface area contributed by atoms with Crippen LogP contribution in [0.1, 0.15) is 49.9 Å². The van der Waals surface area contributed by atoms with E-state index in [1.807, 2.05) is 29.7 Å². The van der Waals surface area contributed by atoms with Crippen LogP contribution in [0.4, 0.5) is 0 Å². The molecule has 185 valence electrons. The number of ketones is 1. The van der Waals surface area contributed by atoms with Crippen LogP contribution in [0.25, 0.3) is 31.4 Å². The SMILES string of the molecule is CC(=O)/C=C(/C)O.Cc1c2c(c(C)c3c1sc1c(-c4[c-]cccc4)nccc13)CC(C)C(C)C2.[Ir]. The van der Waals surface area contributed by atoms with E-state index >= 15 is 0 Å². The van der Waals surface area contributed by atoms with Gasteiger partial charge in [0, 0.05) is 52.9 Å². The Morgan fingerprint density at radius 1 is 1.06 bits per heavy atom. The minimum absolute atomic E-state index is 0. The molecule has 2 aromatic carbocycles. The van der Waals surface area contributed by atoms with Crippen molar-refractivity contribution in [3.8, 4) is 11.3 Å². The second-order valence-electron chi connectivity index (χ2n) is 9.58. The zero-order valence-corrected chi connectivity index (χ0v) is 24.4. The molecule has 4 aromatic rings.